The van der Waals surface area contributed by atoms with Crippen molar-refractivity contribution in [3.8, 4) is 11.4 Å². The summed E-state index contributed by atoms with van der Waals surface area (Å²) in [6, 6.07) is 7.31. The number of tetrazole rings is 1. The number of aromatic nitrogens is 4. The van der Waals surface area contributed by atoms with Crippen molar-refractivity contribution in [2.24, 2.45) is 0 Å². The van der Waals surface area contributed by atoms with Crippen LogP contribution in [-0.2, 0) is 4.79 Å². The first-order valence-electron chi connectivity index (χ1n) is 6.14. The van der Waals surface area contributed by atoms with Crippen LogP contribution in [-0.4, -0.2) is 37.9 Å². The molecule has 104 valence electrons. The van der Waals surface area contributed by atoms with Crippen molar-refractivity contribution in [1.82, 2.24) is 20.2 Å². The highest BCUT2D eigenvalue weighted by molar-refractivity contribution is 5.84. The highest BCUT2D eigenvalue weighted by Crippen LogP contribution is 2.22. The number of nitrogens with zero attached hydrogens (tertiary/aromatic N) is 4. The van der Waals surface area contributed by atoms with Gasteiger partial charge < -0.3 is 9.84 Å². The zero-order chi connectivity index (χ0) is 14.4. The van der Waals surface area contributed by atoms with Crippen molar-refractivity contribution in [3.63, 3.8) is 0 Å². The van der Waals surface area contributed by atoms with E-state index in [0.29, 0.717) is 23.9 Å². The molecule has 0 radical (unpaired) electrons. The summed E-state index contributed by atoms with van der Waals surface area (Å²) in [4.78, 5) is 10.6. The van der Waals surface area contributed by atoms with Gasteiger partial charge in [0.15, 0.2) is 5.82 Å². The van der Waals surface area contributed by atoms with Crippen LogP contribution >= 0.6 is 0 Å². The molecule has 0 bridgehead atoms. The second-order valence-corrected chi connectivity index (χ2v) is 3.94. The van der Waals surface area contributed by atoms with Crippen LogP contribution < -0.4 is 4.74 Å². The van der Waals surface area contributed by atoms with Gasteiger partial charge in [0.2, 0.25) is 0 Å². The van der Waals surface area contributed by atoms with Crippen molar-refractivity contribution >= 4 is 12.0 Å². The Bertz CT molecular complexity index is 622. The zero-order valence-electron chi connectivity index (χ0n) is 10.9. The Morgan fingerprint density at radius 1 is 1.45 bits per heavy atom. The lowest BCUT2D eigenvalue weighted by atomic mass is 10.3. The molecule has 0 saturated heterocycles. The van der Waals surface area contributed by atoms with E-state index in [4.69, 9.17) is 9.84 Å². The second-order valence-electron chi connectivity index (χ2n) is 3.94. The summed E-state index contributed by atoms with van der Waals surface area (Å²) in [6.45, 7) is 2.60. The maximum atomic E-state index is 10.6. The summed E-state index contributed by atoms with van der Waals surface area (Å²) in [6.07, 6.45) is 3.20. The van der Waals surface area contributed by atoms with Gasteiger partial charge in [0.05, 0.1) is 6.61 Å². The van der Waals surface area contributed by atoms with Gasteiger partial charge >= 0.3 is 5.97 Å². The van der Waals surface area contributed by atoms with Gasteiger partial charge in [0, 0.05) is 6.08 Å². The van der Waals surface area contributed by atoms with Crippen molar-refractivity contribution < 1.29 is 14.6 Å². The monoisotopic (exact) mass is 274 g/mol. The fourth-order valence-electron chi connectivity index (χ4n) is 1.58. The summed E-state index contributed by atoms with van der Waals surface area (Å²) in [5, 5.41) is 19.9. The number of ether oxygens (including phenoxy) is 1. The van der Waals surface area contributed by atoms with Gasteiger partial charge in [0.1, 0.15) is 11.4 Å². The Morgan fingerprint density at radius 2 is 2.25 bits per heavy atom. The minimum atomic E-state index is -1.06. The van der Waals surface area contributed by atoms with E-state index in [9.17, 15) is 4.79 Å². The number of carboxylic acid groups (broad SMARTS) is 1. The van der Waals surface area contributed by atoms with E-state index in [0.717, 1.165) is 12.5 Å². The van der Waals surface area contributed by atoms with Gasteiger partial charge in [-0.1, -0.05) is 19.1 Å². The number of para-hydroxylation sites is 2. The number of hydrogen-bond donors (Lipinski definition) is 1. The van der Waals surface area contributed by atoms with Crippen LogP contribution in [0.2, 0.25) is 0 Å². The standard InChI is InChI=1S/C13H14N4O3/c1-2-9-20-11-6-4-3-5-10(11)17-12(14-15-16-17)7-8-13(18)19/h3-8H,2,9H2,1H3,(H,18,19)/b8-7+. The molecule has 0 spiro atoms. The van der Waals surface area contributed by atoms with E-state index in [-0.39, 0.29) is 0 Å². The van der Waals surface area contributed by atoms with Gasteiger partial charge in [-0.05, 0) is 35.1 Å². The SMILES string of the molecule is CCCOc1ccccc1-n1nnnc1/C=C/C(=O)O. The third kappa shape index (κ3) is 3.19. The van der Waals surface area contributed by atoms with E-state index < -0.39 is 5.97 Å². The Balaban J connectivity index is 2.37. The average molecular weight is 274 g/mol. The molecule has 0 unspecified atom stereocenters. The first kappa shape index (κ1) is 13.7. The number of aliphatic carboxylic acids is 1. The summed E-state index contributed by atoms with van der Waals surface area (Å²) < 4.78 is 7.07. The van der Waals surface area contributed by atoms with Crippen LogP contribution in [0.3, 0.4) is 0 Å². The molecule has 0 amide bonds. The first-order valence-corrected chi connectivity index (χ1v) is 6.14. The number of carboxylic acids is 1. The molecule has 0 atom stereocenters. The summed E-state index contributed by atoms with van der Waals surface area (Å²) in [5.41, 5.74) is 0.663. The van der Waals surface area contributed by atoms with Crippen LogP contribution in [0, 0.1) is 0 Å². The summed E-state index contributed by atoms with van der Waals surface area (Å²) in [5.74, 6) is -0.0957. The van der Waals surface area contributed by atoms with E-state index in [1.165, 1.54) is 10.8 Å². The first-order chi connectivity index (χ1) is 9.72. The van der Waals surface area contributed by atoms with Crippen LogP contribution in [0.15, 0.2) is 30.3 Å². The largest absolute Gasteiger partial charge is 0.491 e. The molecule has 0 aliphatic heterocycles. The molecule has 1 aromatic carbocycles. The van der Waals surface area contributed by atoms with Gasteiger partial charge in [-0.25, -0.2) is 4.79 Å². The molecule has 1 aromatic heterocycles. The van der Waals surface area contributed by atoms with E-state index in [1.54, 1.807) is 6.07 Å². The molecule has 0 aliphatic rings. The lowest BCUT2D eigenvalue weighted by molar-refractivity contribution is -0.131. The third-order valence-corrected chi connectivity index (χ3v) is 2.42. The zero-order valence-corrected chi connectivity index (χ0v) is 10.9. The predicted octanol–water partition coefficient (Wildman–Crippen LogP) is 1.55. The van der Waals surface area contributed by atoms with Gasteiger partial charge in [0.25, 0.3) is 0 Å². The number of benzene rings is 1. The van der Waals surface area contributed by atoms with Crippen molar-refractivity contribution in [2.75, 3.05) is 6.61 Å². The van der Waals surface area contributed by atoms with Crippen LogP contribution in [0.4, 0.5) is 0 Å². The minimum absolute atomic E-state index is 0.319. The highest BCUT2D eigenvalue weighted by Gasteiger charge is 2.11. The minimum Gasteiger partial charge on any atom is -0.491 e. The molecule has 0 aliphatic carbocycles. The fraction of sp³-hybridized carbons (Fsp3) is 0.231. The normalized spacial score (nSPS) is 10.8. The Kier molecular flexibility index (Phi) is 4.43. The molecule has 20 heavy (non-hydrogen) atoms. The third-order valence-electron chi connectivity index (χ3n) is 2.42. The van der Waals surface area contributed by atoms with Gasteiger partial charge in [-0.3, -0.25) is 0 Å². The topological polar surface area (TPSA) is 90.1 Å². The summed E-state index contributed by atoms with van der Waals surface area (Å²) >= 11 is 0. The predicted molar refractivity (Wildman–Crippen MR) is 71.6 cm³/mol. The molecule has 0 saturated carbocycles. The van der Waals surface area contributed by atoms with E-state index in [2.05, 4.69) is 15.5 Å². The van der Waals surface area contributed by atoms with E-state index in [1.807, 2.05) is 25.1 Å². The molecule has 2 aromatic rings. The molecule has 7 heteroatoms. The quantitative estimate of drug-likeness (QED) is 0.804. The smallest absolute Gasteiger partial charge is 0.328 e. The number of carbonyl (C=O) groups is 1. The van der Waals surface area contributed by atoms with Crippen molar-refractivity contribution in [3.05, 3.63) is 36.2 Å². The maximum absolute atomic E-state index is 10.6. The van der Waals surface area contributed by atoms with Crippen LogP contribution in [0.1, 0.15) is 19.2 Å². The fourth-order valence-corrected chi connectivity index (χ4v) is 1.58. The molecule has 0 fully saturated rings. The second kappa shape index (κ2) is 6.46. The van der Waals surface area contributed by atoms with Crippen molar-refractivity contribution in [1.29, 1.82) is 0 Å². The van der Waals surface area contributed by atoms with Crippen molar-refractivity contribution in [2.45, 2.75) is 13.3 Å². The molecule has 1 heterocycles. The molecular weight excluding hydrogens is 260 g/mol. The molecule has 1 N–H and O–H groups in total. The number of rotatable bonds is 6. The van der Waals surface area contributed by atoms with Crippen LogP contribution in [0.5, 0.6) is 5.75 Å². The maximum Gasteiger partial charge on any atom is 0.328 e. The van der Waals surface area contributed by atoms with Gasteiger partial charge in [-0.2, -0.15) is 4.68 Å². The Labute approximate surface area is 115 Å². The lowest BCUT2D eigenvalue weighted by Gasteiger charge is -2.10. The Morgan fingerprint density at radius 3 is 3.00 bits per heavy atom. The van der Waals surface area contributed by atoms with Gasteiger partial charge in [-0.15, -0.1) is 5.10 Å². The molecular formula is C13H14N4O3. The lowest BCUT2D eigenvalue weighted by Crippen LogP contribution is -2.05. The van der Waals surface area contributed by atoms with E-state index >= 15 is 0 Å². The Hall–Kier alpha value is -2.70. The summed E-state index contributed by atoms with van der Waals surface area (Å²) in [7, 11) is 0. The molecule has 2 rings (SSSR count). The average Bonchev–Trinajstić information content (AvgIpc) is 2.91. The molecule has 7 nitrogen and oxygen atoms in total. The van der Waals surface area contributed by atoms with Crippen LogP contribution in [0.25, 0.3) is 11.8 Å². The highest BCUT2D eigenvalue weighted by atomic mass is 16.5. The number of hydrogen-bond acceptors (Lipinski definition) is 5.